The van der Waals surface area contributed by atoms with Gasteiger partial charge in [0.25, 0.3) is 0 Å². The average molecular weight is 453 g/mol. The van der Waals surface area contributed by atoms with Gasteiger partial charge in [0.2, 0.25) is 0 Å². The zero-order chi connectivity index (χ0) is 22.5. The lowest BCUT2D eigenvalue weighted by molar-refractivity contribution is 0.0697. The Balaban J connectivity index is 1.62. The van der Waals surface area contributed by atoms with Gasteiger partial charge in [-0.05, 0) is 91.2 Å². The molecule has 0 saturated heterocycles. The minimum absolute atomic E-state index is 0.210. The van der Waals surface area contributed by atoms with Crippen molar-refractivity contribution in [2.45, 2.75) is 43.9 Å². The van der Waals surface area contributed by atoms with Crippen LogP contribution in [0.4, 0.5) is 10.1 Å². The second kappa shape index (κ2) is 10.0. The number of benzene rings is 2. The van der Waals surface area contributed by atoms with Crippen LogP contribution >= 0.6 is 11.9 Å². The van der Waals surface area contributed by atoms with Crippen molar-refractivity contribution in [1.82, 2.24) is 4.98 Å². The normalized spacial score (nSPS) is 13.4. The summed E-state index contributed by atoms with van der Waals surface area (Å²) in [5.41, 5.74) is 4.49. The Bertz CT molecular complexity index is 1070. The predicted octanol–water partition coefficient (Wildman–Crippen LogP) is 5.72. The molecule has 3 aromatic rings. The first-order chi connectivity index (χ1) is 15.5. The number of aryl methyl sites for hydroxylation is 2. The molecule has 1 N–H and O–H groups in total. The van der Waals surface area contributed by atoms with Gasteiger partial charge in [0.05, 0.1) is 17.8 Å². The molecular formula is C25H25FN2O3S. The molecule has 166 valence electrons. The van der Waals surface area contributed by atoms with Crippen molar-refractivity contribution in [3.05, 3.63) is 83.2 Å². The number of hydrogen-bond acceptors (Lipinski definition) is 5. The van der Waals surface area contributed by atoms with E-state index >= 15 is 0 Å². The Morgan fingerprint density at radius 1 is 1.22 bits per heavy atom. The van der Waals surface area contributed by atoms with E-state index in [0.717, 1.165) is 35.4 Å². The molecule has 32 heavy (non-hydrogen) atoms. The smallest absolute Gasteiger partial charge is 0.335 e. The molecule has 0 amide bonds. The van der Waals surface area contributed by atoms with Crippen LogP contribution < -0.4 is 9.04 Å². The molecule has 0 aliphatic heterocycles. The Kier molecular flexibility index (Phi) is 6.95. The van der Waals surface area contributed by atoms with E-state index in [9.17, 15) is 9.18 Å². The first kappa shape index (κ1) is 22.1. The lowest BCUT2D eigenvalue weighted by atomic mass is 10.1. The van der Waals surface area contributed by atoms with Crippen LogP contribution in [0.5, 0.6) is 5.75 Å². The van der Waals surface area contributed by atoms with Crippen molar-refractivity contribution in [1.29, 1.82) is 0 Å². The van der Waals surface area contributed by atoms with E-state index in [1.54, 1.807) is 43.6 Å². The van der Waals surface area contributed by atoms with Crippen LogP contribution in [0.2, 0.25) is 0 Å². The molecule has 2 aromatic carbocycles. The summed E-state index contributed by atoms with van der Waals surface area (Å²) in [6.45, 7) is 2.05. The molecule has 7 heteroatoms. The maximum atomic E-state index is 14.1. The highest BCUT2D eigenvalue weighted by Gasteiger charge is 2.22. The lowest BCUT2D eigenvalue weighted by Crippen LogP contribution is -2.23. The third-order valence-corrected chi connectivity index (χ3v) is 6.32. The fourth-order valence-corrected chi connectivity index (χ4v) is 4.77. The van der Waals surface area contributed by atoms with Crippen molar-refractivity contribution in [2.75, 3.05) is 10.8 Å². The number of alkyl halides is 1. The van der Waals surface area contributed by atoms with Crippen LogP contribution in [0.15, 0.2) is 65.8 Å². The first-order valence-electron chi connectivity index (χ1n) is 10.6. The highest BCUT2D eigenvalue weighted by molar-refractivity contribution is 8.00. The van der Waals surface area contributed by atoms with Gasteiger partial charge < -0.3 is 14.1 Å². The molecule has 0 spiro atoms. The molecule has 1 heterocycles. The Morgan fingerprint density at radius 3 is 2.62 bits per heavy atom. The molecule has 0 saturated carbocycles. The molecule has 5 nitrogen and oxygen atoms in total. The average Bonchev–Trinajstić information content (AvgIpc) is 3.25. The number of rotatable bonds is 9. The van der Waals surface area contributed by atoms with Gasteiger partial charge in [0.1, 0.15) is 18.5 Å². The zero-order valence-corrected chi connectivity index (χ0v) is 18.6. The van der Waals surface area contributed by atoms with Gasteiger partial charge in [-0.3, -0.25) is 4.98 Å². The predicted molar refractivity (Wildman–Crippen MR) is 124 cm³/mol. The van der Waals surface area contributed by atoms with Crippen molar-refractivity contribution in [3.63, 3.8) is 0 Å². The Labute approximate surface area is 191 Å². The molecule has 1 atom stereocenters. The molecule has 0 unspecified atom stereocenters. The first-order valence-corrected chi connectivity index (χ1v) is 11.4. The molecule has 0 fully saturated rings. The van der Waals surface area contributed by atoms with Crippen LogP contribution in [0.3, 0.4) is 0 Å². The highest BCUT2D eigenvalue weighted by Crippen LogP contribution is 2.40. The molecule has 0 bridgehead atoms. The third-order valence-electron chi connectivity index (χ3n) is 5.30. The number of aromatic carboxylic acids is 1. The number of ether oxygens (including phenoxy) is 1. The van der Waals surface area contributed by atoms with Gasteiger partial charge in [-0.1, -0.05) is 12.1 Å². The summed E-state index contributed by atoms with van der Waals surface area (Å²) >= 11 is 1.44. The summed E-state index contributed by atoms with van der Waals surface area (Å²) in [6.07, 6.45) is 5.57. The number of aromatic nitrogens is 1. The maximum Gasteiger partial charge on any atom is 0.335 e. The quantitative estimate of drug-likeness (QED) is 0.419. The van der Waals surface area contributed by atoms with Crippen molar-refractivity contribution >= 4 is 23.6 Å². The van der Waals surface area contributed by atoms with Gasteiger partial charge in [-0.2, -0.15) is 0 Å². The number of carboxylic acid groups (broad SMARTS) is 1. The fraction of sp³-hybridized carbons (Fsp3) is 0.280. The number of nitrogens with zero attached hydrogens (tertiary/aromatic N) is 2. The molecular weight excluding hydrogens is 427 g/mol. The summed E-state index contributed by atoms with van der Waals surface area (Å²) in [4.78, 5) is 16.2. The van der Waals surface area contributed by atoms with Gasteiger partial charge >= 0.3 is 5.97 Å². The number of hydrogen-bond donors (Lipinski definition) is 1. The minimum Gasteiger partial charge on any atom is -0.487 e. The van der Waals surface area contributed by atoms with Crippen LogP contribution in [0, 0.1) is 0 Å². The zero-order valence-electron chi connectivity index (χ0n) is 17.8. The van der Waals surface area contributed by atoms with Gasteiger partial charge in [0, 0.05) is 17.3 Å². The van der Waals surface area contributed by atoms with Gasteiger partial charge in [-0.25, -0.2) is 9.18 Å². The van der Waals surface area contributed by atoms with Gasteiger partial charge in [0.15, 0.2) is 0 Å². The summed E-state index contributed by atoms with van der Waals surface area (Å²) in [7, 11) is 0. The van der Waals surface area contributed by atoms with Gasteiger partial charge in [-0.15, -0.1) is 0 Å². The highest BCUT2D eigenvalue weighted by atomic mass is 32.2. The minimum atomic E-state index is -1.02. The molecule has 1 aliphatic carbocycles. The number of carbonyl (C=O) groups is 1. The number of carboxylic acids is 1. The van der Waals surface area contributed by atoms with E-state index in [2.05, 4.69) is 17.1 Å². The van der Waals surface area contributed by atoms with E-state index < -0.39 is 12.1 Å². The largest absolute Gasteiger partial charge is 0.487 e. The van der Waals surface area contributed by atoms with Crippen LogP contribution in [0.1, 0.15) is 40.4 Å². The Morgan fingerprint density at radius 2 is 1.97 bits per heavy atom. The second-order valence-corrected chi connectivity index (χ2v) is 8.95. The van der Waals surface area contributed by atoms with Crippen molar-refractivity contribution in [2.24, 2.45) is 0 Å². The van der Waals surface area contributed by atoms with Crippen molar-refractivity contribution < 1.29 is 19.0 Å². The molecule has 1 aromatic heterocycles. The number of anilines is 1. The SMILES string of the molecule is C[C@@H](F)CN(Sc1cccnc1)c1cc2c(cc1OCc1ccc(C(=O)O)cc1)CCC2. The summed E-state index contributed by atoms with van der Waals surface area (Å²) in [5.74, 6) is -0.258. The van der Waals surface area contributed by atoms with E-state index in [1.807, 2.05) is 16.4 Å². The van der Waals surface area contributed by atoms with E-state index in [1.165, 1.54) is 23.1 Å². The summed E-state index contributed by atoms with van der Waals surface area (Å²) in [6, 6.07) is 14.6. The van der Waals surface area contributed by atoms with E-state index in [4.69, 9.17) is 9.84 Å². The molecule has 0 radical (unpaired) electrons. The topological polar surface area (TPSA) is 62.7 Å². The van der Waals surface area contributed by atoms with Crippen LogP contribution in [-0.4, -0.2) is 28.8 Å². The molecule has 1 aliphatic rings. The monoisotopic (exact) mass is 452 g/mol. The third kappa shape index (κ3) is 5.40. The van der Waals surface area contributed by atoms with E-state index in [0.29, 0.717) is 12.4 Å². The molecule has 4 rings (SSSR count). The number of pyridine rings is 1. The lowest BCUT2D eigenvalue weighted by Gasteiger charge is -2.27. The van der Waals surface area contributed by atoms with Crippen molar-refractivity contribution in [3.8, 4) is 5.75 Å². The summed E-state index contributed by atoms with van der Waals surface area (Å²) in [5, 5.41) is 9.09. The maximum absolute atomic E-state index is 14.1. The van der Waals surface area contributed by atoms with Crippen LogP contribution in [-0.2, 0) is 19.4 Å². The Hall–Kier alpha value is -3.06. The second-order valence-electron chi connectivity index (χ2n) is 7.85. The standard InChI is InChI=1S/C25H25FN2O3S/c1-17(26)15-28(32-22-6-3-11-27-14-22)23-12-20-4-2-5-21(20)13-24(23)31-16-18-7-9-19(10-8-18)25(29)30/h3,6-14,17H,2,4-5,15-16H2,1H3,(H,29,30)/t17-/m1/s1. The number of fused-ring (bicyclic) bond motifs is 1. The fourth-order valence-electron chi connectivity index (χ4n) is 3.75. The van der Waals surface area contributed by atoms with E-state index in [-0.39, 0.29) is 12.1 Å². The van der Waals surface area contributed by atoms with Crippen LogP contribution in [0.25, 0.3) is 0 Å². The summed E-state index contributed by atoms with van der Waals surface area (Å²) < 4.78 is 22.3. The number of halogens is 1.